The Hall–Kier alpha value is -2.21. The molecule has 3 aromatic rings. The maximum Gasteiger partial charge on any atom is 0.200 e. The van der Waals surface area contributed by atoms with Gasteiger partial charge in [0.25, 0.3) is 0 Å². The van der Waals surface area contributed by atoms with E-state index >= 15 is 0 Å². The number of Topliss-reactive ketones (excluding diaryl/α,β-unsaturated/α-hetero) is 1. The largest absolute Gasteiger partial charge is 0.490 e. The summed E-state index contributed by atoms with van der Waals surface area (Å²) in [4.78, 5) is 14.4. The number of ether oxygens (including phenoxy) is 2. The smallest absolute Gasteiger partial charge is 0.200 e. The Bertz CT molecular complexity index is 1140. The average Bonchev–Trinajstić information content (AvgIpc) is 3.04. The van der Waals surface area contributed by atoms with E-state index in [1.165, 1.54) is 11.8 Å². The second-order valence-corrected chi connectivity index (χ2v) is 8.92. The van der Waals surface area contributed by atoms with E-state index in [1.54, 1.807) is 0 Å². The third-order valence-corrected chi connectivity index (χ3v) is 6.59. The second-order valence-electron chi connectivity index (χ2n) is 6.58. The van der Waals surface area contributed by atoms with Gasteiger partial charge in [-0.05, 0) is 64.8 Å². The molecule has 0 unspecified atom stereocenters. The molecule has 0 bridgehead atoms. The summed E-state index contributed by atoms with van der Waals surface area (Å²) in [6, 6.07) is 19.0. The summed E-state index contributed by atoms with van der Waals surface area (Å²) >= 11 is 11.3. The highest BCUT2D eigenvalue weighted by Crippen LogP contribution is 2.43. The third kappa shape index (κ3) is 4.43. The van der Waals surface area contributed by atoms with E-state index in [-0.39, 0.29) is 5.78 Å². The molecular formula is C24H18BrClO3S. The van der Waals surface area contributed by atoms with Crippen molar-refractivity contribution in [2.45, 2.75) is 18.4 Å². The summed E-state index contributed by atoms with van der Waals surface area (Å²) in [6.45, 7) is 2.74. The van der Waals surface area contributed by atoms with Crippen molar-refractivity contribution in [3.8, 4) is 11.5 Å². The van der Waals surface area contributed by atoms with Crippen LogP contribution in [0.25, 0.3) is 6.08 Å². The topological polar surface area (TPSA) is 35.5 Å². The molecule has 1 aliphatic heterocycles. The van der Waals surface area contributed by atoms with Crippen LogP contribution >= 0.6 is 39.3 Å². The maximum atomic E-state index is 12.7. The Labute approximate surface area is 193 Å². The van der Waals surface area contributed by atoms with E-state index in [0.717, 1.165) is 26.1 Å². The van der Waals surface area contributed by atoms with Gasteiger partial charge in [0.2, 0.25) is 5.78 Å². The third-order valence-electron chi connectivity index (χ3n) is 4.53. The predicted octanol–water partition coefficient (Wildman–Crippen LogP) is 7.41. The van der Waals surface area contributed by atoms with Crippen LogP contribution in [-0.4, -0.2) is 12.4 Å². The van der Waals surface area contributed by atoms with Crippen molar-refractivity contribution in [3.05, 3.63) is 91.8 Å². The van der Waals surface area contributed by atoms with Gasteiger partial charge in [0.05, 0.1) is 16.0 Å². The van der Waals surface area contributed by atoms with Crippen molar-refractivity contribution in [3.63, 3.8) is 0 Å². The van der Waals surface area contributed by atoms with Crippen LogP contribution in [0.4, 0.5) is 0 Å². The first-order chi connectivity index (χ1) is 14.6. The van der Waals surface area contributed by atoms with Crippen LogP contribution in [0.5, 0.6) is 11.5 Å². The lowest BCUT2D eigenvalue weighted by Crippen LogP contribution is -2.01. The molecule has 3 nitrogen and oxygen atoms in total. The number of halogens is 2. The fraction of sp³-hybridized carbons (Fsp3) is 0.125. The molecule has 6 heteroatoms. The zero-order valence-corrected chi connectivity index (χ0v) is 19.3. The minimum absolute atomic E-state index is 0.0451. The van der Waals surface area contributed by atoms with Gasteiger partial charge in [-0.15, -0.1) is 0 Å². The van der Waals surface area contributed by atoms with Crippen molar-refractivity contribution in [2.24, 2.45) is 0 Å². The highest BCUT2D eigenvalue weighted by molar-refractivity contribution is 9.10. The quantitative estimate of drug-likeness (QED) is 0.329. The van der Waals surface area contributed by atoms with Gasteiger partial charge in [0, 0.05) is 21.0 Å². The molecule has 3 aromatic carbocycles. The van der Waals surface area contributed by atoms with Crippen LogP contribution < -0.4 is 9.47 Å². The van der Waals surface area contributed by atoms with Crippen LogP contribution in [0, 0.1) is 0 Å². The van der Waals surface area contributed by atoms with E-state index < -0.39 is 0 Å². The number of ketones is 1. The molecule has 1 heterocycles. The van der Waals surface area contributed by atoms with Crippen LogP contribution in [-0.2, 0) is 6.61 Å². The van der Waals surface area contributed by atoms with Crippen LogP contribution in [0.2, 0.25) is 5.02 Å². The monoisotopic (exact) mass is 500 g/mol. The lowest BCUT2D eigenvalue weighted by molar-refractivity contribution is 0.104. The highest BCUT2D eigenvalue weighted by Gasteiger charge is 2.25. The van der Waals surface area contributed by atoms with Gasteiger partial charge in [0.1, 0.15) is 6.61 Å². The summed E-state index contributed by atoms with van der Waals surface area (Å²) in [5, 5.41) is 0.657. The van der Waals surface area contributed by atoms with Gasteiger partial charge < -0.3 is 9.47 Å². The number of allylic oxidation sites excluding steroid dienone is 1. The van der Waals surface area contributed by atoms with Crippen molar-refractivity contribution < 1.29 is 14.3 Å². The highest BCUT2D eigenvalue weighted by atomic mass is 79.9. The van der Waals surface area contributed by atoms with Crippen molar-refractivity contribution >= 4 is 51.2 Å². The van der Waals surface area contributed by atoms with E-state index in [1.807, 2.05) is 73.7 Å². The van der Waals surface area contributed by atoms with Gasteiger partial charge in [0.15, 0.2) is 11.5 Å². The van der Waals surface area contributed by atoms with E-state index in [4.69, 9.17) is 21.1 Å². The first-order valence-corrected chi connectivity index (χ1v) is 11.4. The normalized spacial score (nSPS) is 14.1. The lowest BCUT2D eigenvalue weighted by atomic mass is 10.1. The molecule has 0 amide bonds. The lowest BCUT2D eigenvalue weighted by Gasteiger charge is -2.15. The molecule has 4 rings (SSSR count). The van der Waals surface area contributed by atoms with E-state index in [0.29, 0.717) is 34.6 Å². The number of benzene rings is 3. The molecule has 0 fully saturated rings. The van der Waals surface area contributed by atoms with Gasteiger partial charge >= 0.3 is 0 Å². The SMILES string of the molecule is CCOc1cc(C=C2Sc3ccccc3C2=O)cc(Br)c1OCc1ccccc1Cl. The molecule has 0 spiro atoms. The minimum Gasteiger partial charge on any atom is -0.490 e. The number of fused-ring (bicyclic) bond motifs is 1. The average molecular weight is 502 g/mol. The molecule has 152 valence electrons. The number of hydrogen-bond acceptors (Lipinski definition) is 4. The maximum absolute atomic E-state index is 12.7. The number of carbonyl (C=O) groups excluding carboxylic acids is 1. The summed E-state index contributed by atoms with van der Waals surface area (Å²) in [5.41, 5.74) is 2.50. The Morgan fingerprint density at radius 3 is 2.60 bits per heavy atom. The van der Waals surface area contributed by atoms with E-state index in [9.17, 15) is 4.79 Å². The van der Waals surface area contributed by atoms with Crippen molar-refractivity contribution in [2.75, 3.05) is 6.61 Å². The molecular weight excluding hydrogens is 484 g/mol. The number of thioether (sulfide) groups is 1. The fourth-order valence-corrected chi connectivity index (χ4v) is 4.94. The van der Waals surface area contributed by atoms with Gasteiger partial charge in [-0.2, -0.15) is 0 Å². The zero-order chi connectivity index (χ0) is 21.1. The van der Waals surface area contributed by atoms with Crippen molar-refractivity contribution in [1.82, 2.24) is 0 Å². The molecule has 30 heavy (non-hydrogen) atoms. The second kappa shape index (κ2) is 9.29. The fourth-order valence-electron chi connectivity index (χ4n) is 3.13. The number of hydrogen-bond donors (Lipinski definition) is 0. The summed E-state index contributed by atoms with van der Waals surface area (Å²) in [7, 11) is 0. The Morgan fingerprint density at radius 2 is 1.83 bits per heavy atom. The van der Waals surface area contributed by atoms with Gasteiger partial charge in [-0.25, -0.2) is 0 Å². The molecule has 0 saturated heterocycles. The van der Waals surface area contributed by atoms with Crippen molar-refractivity contribution in [1.29, 1.82) is 0 Å². The van der Waals surface area contributed by atoms with Gasteiger partial charge in [-0.3, -0.25) is 4.79 Å². The van der Waals surface area contributed by atoms with Crippen LogP contribution in [0.1, 0.15) is 28.4 Å². The predicted molar refractivity (Wildman–Crippen MR) is 126 cm³/mol. The van der Waals surface area contributed by atoms with Gasteiger partial charge in [-0.1, -0.05) is 53.7 Å². The number of rotatable bonds is 6. The van der Waals surface area contributed by atoms with Crippen LogP contribution in [0.15, 0.2) is 74.9 Å². The van der Waals surface area contributed by atoms with E-state index in [2.05, 4.69) is 15.9 Å². The molecule has 0 N–H and O–H groups in total. The molecule has 0 saturated carbocycles. The molecule has 0 radical (unpaired) electrons. The Balaban J connectivity index is 1.62. The first-order valence-electron chi connectivity index (χ1n) is 9.42. The number of carbonyl (C=O) groups is 1. The molecule has 0 aliphatic carbocycles. The summed E-state index contributed by atoms with van der Waals surface area (Å²) < 4.78 is 12.6. The Kier molecular flexibility index (Phi) is 6.52. The first kappa shape index (κ1) is 21.0. The minimum atomic E-state index is 0.0451. The standard InChI is InChI=1S/C24H18BrClO3S/c1-2-28-20-12-15(13-22-23(27)17-8-4-6-10-21(17)30-22)11-18(25)24(20)29-14-16-7-3-5-9-19(16)26/h3-13H,2,14H2,1H3. The zero-order valence-electron chi connectivity index (χ0n) is 16.2. The van der Waals surface area contributed by atoms with Crippen LogP contribution in [0.3, 0.4) is 0 Å². The molecule has 0 atom stereocenters. The Morgan fingerprint density at radius 1 is 1.07 bits per heavy atom. The summed E-state index contributed by atoms with van der Waals surface area (Å²) in [5.74, 6) is 1.26. The summed E-state index contributed by atoms with van der Waals surface area (Å²) in [6.07, 6.45) is 1.89. The molecule has 1 aliphatic rings. The molecule has 0 aromatic heterocycles.